The largest absolute Gasteiger partial charge is 0.382 e. The number of urea groups is 1. The third-order valence-corrected chi connectivity index (χ3v) is 6.66. The van der Waals surface area contributed by atoms with E-state index in [-0.39, 0.29) is 6.03 Å². The van der Waals surface area contributed by atoms with E-state index in [0.717, 1.165) is 56.4 Å². The Bertz CT molecular complexity index is 919. The van der Waals surface area contributed by atoms with Gasteiger partial charge in [-0.1, -0.05) is 19.8 Å². The van der Waals surface area contributed by atoms with E-state index < -0.39 is 0 Å². The third kappa shape index (κ3) is 5.17. The first-order valence-electron chi connectivity index (χ1n) is 12.5. The zero-order valence-electron chi connectivity index (χ0n) is 19.5. The summed E-state index contributed by atoms with van der Waals surface area (Å²) in [5, 5.41) is 3.06. The van der Waals surface area contributed by atoms with E-state index in [4.69, 9.17) is 20.4 Å². The number of hydrogen-bond donors (Lipinski definition) is 2. The highest BCUT2D eigenvalue weighted by molar-refractivity contribution is 5.89. The molecule has 0 unspecified atom stereocenters. The molecule has 2 aromatic heterocycles. The van der Waals surface area contributed by atoms with E-state index in [0.29, 0.717) is 38.7 Å². The van der Waals surface area contributed by atoms with Crippen LogP contribution in [0.5, 0.6) is 0 Å². The molecule has 8 nitrogen and oxygen atoms in total. The van der Waals surface area contributed by atoms with Gasteiger partial charge in [-0.15, -0.1) is 0 Å². The second kappa shape index (κ2) is 11.0. The summed E-state index contributed by atoms with van der Waals surface area (Å²) in [6, 6.07) is 0.0227. The number of nitrogen functional groups attached to an aromatic ring is 1. The minimum Gasteiger partial charge on any atom is -0.382 e. The van der Waals surface area contributed by atoms with Gasteiger partial charge in [0.05, 0.1) is 18.7 Å². The fourth-order valence-electron chi connectivity index (χ4n) is 4.88. The average molecular weight is 443 g/mol. The maximum absolute atomic E-state index is 12.3. The number of rotatable bonds is 9. The van der Waals surface area contributed by atoms with Gasteiger partial charge in [0.15, 0.2) is 5.82 Å². The number of aromatic nitrogens is 3. The average Bonchev–Trinajstić information content (AvgIpc) is 3.19. The molecule has 0 aromatic carbocycles. The van der Waals surface area contributed by atoms with Crippen LogP contribution in [0, 0.1) is 0 Å². The molecule has 0 bridgehead atoms. The highest BCUT2D eigenvalue weighted by atomic mass is 16.5. The monoisotopic (exact) mass is 442 g/mol. The predicted octanol–water partition coefficient (Wildman–Crippen LogP) is 3.45. The molecule has 0 radical (unpaired) electrons. The Morgan fingerprint density at radius 1 is 1.09 bits per heavy atom. The van der Waals surface area contributed by atoms with Crippen molar-refractivity contribution >= 4 is 22.9 Å². The van der Waals surface area contributed by atoms with Crippen LogP contribution in [0.25, 0.3) is 11.0 Å². The number of fused-ring (bicyclic) bond motifs is 3. The van der Waals surface area contributed by atoms with Gasteiger partial charge in [-0.25, -0.2) is 14.8 Å². The lowest BCUT2D eigenvalue weighted by Gasteiger charge is -2.26. The molecule has 2 aromatic rings. The first-order valence-corrected chi connectivity index (χ1v) is 12.5. The lowest BCUT2D eigenvalue weighted by atomic mass is 9.95. The van der Waals surface area contributed by atoms with Crippen molar-refractivity contribution in [2.24, 2.45) is 0 Å². The van der Waals surface area contributed by atoms with Crippen LogP contribution in [0.4, 0.5) is 10.6 Å². The van der Waals surface area contributed by atoms with Crippen molar-refractivity contribution in [3.05, 3.63) is 17.1 Å². The van der Waals surface area contributed by atoms with E-state index in [1.165, 1.54) is 42.5 Å². The number of pyridine rings is 1. The van der Waals surface area contributed by atoms with E-state index >= 15 is 0 Å². The summed E-state index contributed by atoms with van der Waals surface area (Å²) in [6.07, 6.45) is 10.9. The molecule has 1 aliphatic heterocycles. The highest BCUT2D eigenvalue weighted by Gasteiger charge is 2.22. The van der Waals surface area contributed by atoms with E-state index in [2.05, 4.69) is 16.8 Å². The molecule has 176 valence electrons. The topological polar surface area (TPSA) is 98.3 Å². The molecular weight excluding hydrogens is 404 g/mol. The van der Waals surface area contributed by atoms with Crippen LogP contribution in [0.3, 0.4) is 0 Å². The van der Waals surface area contributed by atoms with Crippen LogP contribution in [0.1, 0.15) is 69.0 Å². The summed E-state index contributed by atoms with van der Waals surface area (Å²) in [5.74, 6) is 1.71. The van der Waals surface area contributed by atoms with Crippen LogP contribution in [0.15, 0.2) is 0 Å². The van der Waals surface area contributed by atoms with Crippen LogP contribution in [0.2, 0.25) is 0 Å². The molecule has 3 heterocycles. The van der Waals surface area contributed by atoms with Gasteiger partial charge in [-0.05, 0) is 50.5 Å². The second-order valence-electron chi connectivity index (χ2n) is 9.00. The smallest absolute Gasteiger partial charge is 0.317 e. The summed E-state index contributed by atoms with van der Waals surface area (Å²) in [6.45, 7) is 6.43. The molecule has 2 aliphatic rings. The van der Waals surface area contributed by atoms with Gasteiger partial charge >= 0.3 is 6.03 Å². The zero-order valence-corrected chi connectivity index (χ0v) is 19.5. The molecule has 1 saturated heterocycles. The Morgan fingerprint density at radius 3 is 2.72 bits per heavy atom. The van der Waals surface area contributed by atoms with Crippen LogP contribution in [-0.4, -0.2) is 58.3 Å². The molecule has 8 heteroatoms. The van der Waals surface area contributed by atoms with Gasteiger partial charge in [0.25, 0.3) is 0 Å². The van der Waals surface area contributed by atoms with Gasteiger partial charge in [-0.2, -0.15) is 0 Å². The number of carbonyl (C=O) groups is 1. The number of unbranched alkanes of at least 4 members (excludes halogenated alkanes) is 3. The van der Waals surface area contributed by atoms with Crippen molar-refractivity contribution in [3.63, 3.8) is 0 Å². The van der Waals surface area contributed by atoms with Crippen LogP contribution in [-0.2, 0) is 30.5 Å². The first kappa shape index (κ1) is 22.8. The number of nitrogens with zero attached hydrogens (tertiary/aromatic N) is 4. The predicted molar refractivity (Wildman–Crippen MR) is 127 cm³/mol. The summed E-state index contributed by atoms with van der Waals surface area (Å²) in [7, 11) is 0. The molecule has 3 N–H and O–H groups in total. The highest BCUT2D eigenvalue weighted by Crippen LogP contribution is 2.32. The molecule has 0 saturated carbocycles. The number of nitrogens with one attached hydrogen (secondary N) is 1. The number of ether oxygens (including phenoxy) is 1. The van der Waals surface area contributed by atoms with Gasteiger partial charge in [0.2, 0.25) is 0 Å². The quantitative estimate of drug-likeness (QED) is 0.580. The Morgan fingerprint density at radius 2 is 1.91 bits per heavy atom. The molecular formula is C24H38N6O2. The maximum atomic E-state index is 12.3. The Hall–Kier alpha value is -2.35. The van der Waals surface area contributed by atoms with Gasteiger partial charge in [-0.3, -0.25) is 0 Å². The Balaban J connectivity index is 1.44. The number of amides is 2. The number of nitrogens with two attached hydrogens (primary N) is 1. The van der Waals surface area contributed by atoms with Crippen molar-refractivity contribution in [2.75, 3.05) is 38.6 Å². The number of anilines is 1. The van der Waals surface area contributed by atoms with Crippen molar-refractivity contribution < 1.29 is 9.53 Å². The van der Waals surface area contributed by atoms with E-state index in [1.807, 2.05) is 4.90 Å². The van der Waals surface area contributed by atoms with E-state index in [1.54, 1.807) is 0 Å². The van der Waals surface area contributed by atoms with Gasteiger partial charge < -0.3 is 25.3 Å². The fourth-order valence-corrected chi connectivity index (χ4v) is 4.88. The molecule has 32 heavy (non-hydrogen) atoms. The summed E-state index contributed by atoms with van der Waals surface area (Å²) >= 11 is 0. The standard InChI is InChI=1S/C24H38N6O2/c1-2-3-4-11-20-28-21-22(18-9-5-6-10-19(18)27-23(21)25)30(20)13-8-7-12-26-24(31)29-14-16-32-17-15-29/h2-17H2,1H3,(H2,25,27)(H,26,31). The lowest BCUT2D eigenvalue weighted by Crippen LogP contribution is -2.46. The number of carbonyl (C=O) groups excluding carboxylic acids is 1. The first-order chi connectivity index (χ1) is 15.7. The minimum absolute atomic E-state index is 0.0227. The fraction of sp³-hybridized carbons (Fsp3) is 0.708. The summed E-state index contributed by atoms with van der Waals surface area (Å²) in [5.41, 5.74) is 11.0. The molecule has 1 fully saturated rings. The minimum atomic E-state index is 0.0227. The number of morpholine rings is 1. The van der Waals surface area contributed by atoms with Gasteiger partial charge in [0.1, 0.15) is 11.3 Å². The van der Waals surface area contributed by atoms with Crippen molar-refractivity contribution in [1.82, 2.24) is 24.8 Å². The summed E-state index contributed by atoms with van der Waals surface area (Å²) < 4.78 is 7.73. The number of hydrogen-bond acceptors (Lipinski definition) is 5. The molecule has 2 amide bonds. The van der Waals surface area contributed by atoms with Gasteiger partial charge in [0, 0.05) is 38.3 Å². The number of imidazole rings is 1. The zero-order chi connectivity index (χ0) is 22.3. The Kier molecular flexibility index (Phi) is 7.84. The number of aryl methyl sites for hydroxylation is 4. The van der Waals surface area contributed by atoms with Crippen molar-refractivity contribution in [3.8, 4) is 0 Å². The lowest BCUT2D eigenvalue weighted by molar-refractivity contribution is 0.0532. The second-order valence-corrected chi connectivity index (χ2v) is 9.00. The third-order valence-electron chi connectivity index (χ3n) is 6.66. The normalized spacial score (nSPS) is 16.3. The SMILES string of the molecule is CCCCCc1nc2c(N)nc3c(c2n1CCCCNC(=O)N1CCOCC1)CCCC3. The van der Waals surface area contributed by atoms with Crippen LogP contribution < -0.4 is 11.1 Å². The maximum Gasteiger partial charge on any atom is 0.317 e. The van der Waals surface area contributed by atoms with E-state index in [9.17, 15) is 4.79 Å². The van der Waals surface area contributed by atoms with Crippen molar-refractivity contribution in [2.45, 2.75) is 77.7 Å². The van der Waals surface area contributed by atoms with Crippen molar-refractivity contribution in [1.29, 1.82) is 0 Å². The molecule has 0 spiro atoms. The van der Waals surface area contributed by atoms with Crippen LogP contribution >= 0.6 is 0 Å². The molecule has 1 aliphatic carbocycles. The Labute approximate surface area is 190 Å². The summed E-state index contributed by atoms with van der Waals surface area (Å²) in [4.78, 5) is 23.8. The molecule has 0 atom stereocenters. The molecule has 4 rings (SSSR count).